The summed E-state index contributed by atoms with van der Waals surface area (Å²) in [6.45, 7) is 1.97. The van der Waals surface area contributed by atoms with E-state index in [2.05, 4.69) is 20.7 Å². The summed E-state index contributed by atoms with van der Waals surface area (Å²) in [5.41, 5.74) is 1.56. The molecule has 2 aromatic carbocycles. The fourth-order valence-corrected chi connectivity index (χ4v) is 2.27. The van der Waals surface area contributed by atoms with Crippen LogP contribution in [-0.4, -0.2) is 26.1 Å². The van der Waals surface area contributed by atoms with Crippen molar-refractivity contribution in [3.63, 3.8) is 0 Å². The second-order valence-corrected chi connectivity index (χ2v) is 5.90. The van der Waals surface area contributed by atoms with Crippen LogP contribution in [0, 0.1) is 5.82 Å². The molecule has 1 aromatic heterocycles. The Balaban J connectivity index is 1.64. The first-order chi connectivity index (χ1) is 12.0. The average molecular weight is 360 g/mol. The van der Waals surface area contributed by atoms with E-state index in [0.29, 0.717) is 17.4 Å². The zero-order chi connectivity index (χ0) is 17.8. The van der Waals surface area contributed by atoms with Crippen molar-refractivity contribution in [1.29, 1.82) is 0 Å². The number of tetrazole rings is 1. The van der Waals surface area contributed by atoms with E-state index >= 15 is 0 Å². The molecule has 1 N–H and O–H groups in total. The van der Waals surface area contributed by atoms with Crippen molar-refractivity contribution < 1.29 is 9.18 Å². The summed E-state index contributed by atoms with van der Waals surface area (Å²) >= 11 is 5.85. The van der Waals surface area contributed by atoms with Gasteiger partial charge >= 0.3 is 0 Å². The summed E-state index contributed by atoms with van der Waals surface area (Å²) in [6, 6.07) is 12.3. The van der Waals surface area contributed by atoms with Gasteiger partial charge in [-0.3, -0.25) is 4.79 Å². The minimum atomic E-state index is -0.631. The van der Waals surface area contributed by atoms with E-state index < -0.39 is 6.04 Å². The van der Waals surface area contributed by atoms with Crippen LogP contribution in [0.2, 0.25) is 5.02 Å². The smallest absolute Gasteiger partial charge is 0.246 e. The normalized spacial score (nSPS) is 12.0. The molecule has 25 heavy (non-hydrogen) atoms. The van der Waals surface area contributed by atoms with Crippen LogP contribution in [0.3, 0.4) is 0 Å². The molecule has 1 amide bonds. The van der Waals surface area contributed by atoms with Gasteiger partial charge in [-0.2, -0.15) is 4.80 Å². The fraction of sp³-hybridized carbons (Fsp3) is 0.176. The number of carbonyl (C=O) groups is 1. The molecule has 0 spiro atoms. The van der Waals surface area contributed by atoms with Crippen molar-refractivity contribution in [2.45, 2.75) is 19.5 Å². The van der Waals surface area contributed by atoms with Crippen molar-refractivity contribution >= 4 is 17.5 Å². The predicted molar refractivity (Wildman–Crippen MR) is 91.2 cm³/mol. The van der Waals surface area contributed by atoms with Crippen LogP contribution in [0.25, 0.3) is 11.4 Å². The van der Waals surface area contributed by atoms with Gasteiger partial charge in [0.05, 0.1) is 0 Å². The summed E-state index contributed by atoms with van der Waals surface area (Å²) in [7, 11) is 0. The van der Waals surface area contributed by atoms with Crippen LogP contribution in [0.1, 0.15) is 18.5 Å². The lowest BCUT2D eigenvalue weighted by Crippen LogP contribution is -2.31. The van der Waals surface area contributed by atoms with Crippen molar-refractivity contribution in [3.05, 3.63) is 64.9 Å². The maximum Gasteiger partial charge on any atom is 0.246 e. The Hall–Kier alpha value is -2.80. The predicted octanol–water partition coefficient (Wildman–Crippen LogP) is 3.01. The Bertz CT molecular complexity index is 864. The van der Waals surface area contributed by atoms with Gasteiger partial charge in [-0.1, -0.05) is 23.7 Å². The van der Waals surface area contributed by atoms with Crippen LogP contribution in [-0.2, 0) is 11.3 Å². The molecule has 3 rings (SSSR count). The molecule has 8 heteroatoms. The number of hydrogen-bond donors (Lipinski definition) is 1. The molecule has 6 nitrogen and oxygen atoms in total. The molecule has 1 unspecified atom stereocenters. The molecule has 0 aliphatic carbocycles. The Kier molecular flexibility index (Phi) is 5.04. The Labute approximate surface area is 148 Å². The second kappa shape index (κ2) is 7.40. The molecule has 1 heterocycles. The van der Waals surface area contributed by atoms with E-state index in [0.717, 1.165) is 11.1 Å². The van der Waals surface area contributed by atoms with Gasteiger partial charge in [0, 0.05) is 17.1 Å². The highest BCUT2D eigenvalue weighted by Gasteiger charge is 2.18. The third-order valence-corrected chi connectivity index (χ3v) is 3.89. The Morgan fingerprint density at radius 1 is 1.20 bits per heavy atom. The van der Waals surface area contributed by atoms with Gasteiger partial charge in [-0.15, -0.1) is 10.2 Å². The molecule has 0 bridgehead atoms. The molecule has 128 valence electrons. The van der Waals surface area contributed by atoms with E-state index in [-0.39, 0.29) is 11.7 Å². The van der Waals surface area contributed by atoms with Gasteiger partial charge in [0.2, 0.25) is 11.7 Å². The third kappa shape index (κ3) is 4.19. The Morgan fingerprint density at radius 2 is 1.88 bits per heavy atom. The van der Waals surface area contributed by atoms with Gasteiger partial charge < -0.3 is 5.32 Å². The number of amides is 1. The van der Waals surface area contributed by atoms with Crippen LogP contribution >= 0.6 is 11.6 Å². The lowest BCUT2D eigenvalue weighted by Gasteiger charge is -2.10. The summed E-state index contributed by atoms with van der Waals surface area (Å²) in [5.74, 6) is -0.163. The molecule has 1 atom stereocenters. The van der Waals surface area contributed by atoms with Gasteiger partial charge in [0.15, 0.2) is 0 Å². The number of nitrogens with zero attached hydrogens (tertiary/aromatic N) is 4. The third-order valence-electron chi connectivity index (χ3n) is 3.64. The number of rotatable bonds is 5. The van der Waals surface area contributed by atoms with Crippen molar-refractivity contribution in [2.24, 2.45) is 0 Å². The monoisotopic (exact) mass is 359 g/mol. The van der Waals surface area contributed by atoms with Gasteiger partial charge in [0.1, 0.15) is 11.9 Å². The lowest BCUT2D eigenvalue weighted by atomic mass is 10.2. The zero-order valence-corrected chi connectivity index (χ0v) is 14.1. The second-order valence-electron chi connectivity index (χ2n) is 5.46. The van der Waals surface area contributed by atoms with Crippen LogP contribution < -0.4 is 5.32 Å². The van der Waals surface area contributed by atoms with Crippen molar-refractivity contribution in [3.8, 4) is 11.4 Å². The lowest BCUT2D eigenvalue weighted by molar-refractivity contribution is -0.124. The molecular weight excluding hydrogens is 345 g/mol. The van der Waals surface area contributed by atoms with Crippen molar-refractivity contribution in [1.82, 2.24) is 25.5 Å². The largest absolute Gasteiger partial charge is 0.350 e. The number of hydrogen-bond acceptors (Lipinski definition) is 4. The zero-order valence-electron chi connectivity index (χ0n) is 13.4. The molecule has 3 aromatic rings. The van der Waals surface area contributed by atoms with E-state index in [1.807, 2.05) is 0 Å². The van der Waals surface area contributed by atoms with E-state index in [1.165, 1.54) is 16.9 Å². The van der Waals surface area contributed by atoms with Crippen molar-refractivity contribution in [2.75, 3.05) is 0 Å². The quantitative estimate of drug-likeness (QED) is 0.760. The first-order valence-corrected chi connectivity index (χ1v) is 7.98. The number of carbonyl (C=O) groups excluding carboxylic acids is 1. The number of aromatic nitrogens is 4. The highest BCUT2D eigenvalue weighted by atomic mass is 35.5. The molecule has 0 aliphatic heterocycles. The topological polar surface area (TPSA) is 72.7 Å². The highest BCUT2D eigenvalue weighted by molar-refractivity contribution is 6.30. The van der Waals surface area contributed by atoms with E-state index in [9.17, 15) is 9.18 Å². The molecular formula is C17H15ClFN5O. The SMILES string of the molecule is CC(C(=O)NCc1ccc(F)cc1)n1nnc(-c2ccc(Cl)cc2)n1. The van der Waals surface area contributed by atoms with Gasteiger partial charge in [0.25, 0.3) is 0 Å². The molecule has 0 fully saturated rings. The first-order valence-electron chi connectivity index (χ1n) is 7.60. The first kappa shape index (κ1) is 17.0. The number of nitrogens with one attached hydrogen (secondary N) is 1. The summed E-state index contributed by atoms with van der Waals surface area (Å²) in [5, 5.41) is 15.5. The fourth-order valence-electron chi connectivity index (χ4n) is 2.15. The molecule has 0 saturated heterocycles. The number of halogens is 2. The van der Waals surface area contributed by atoms with E-state index in [4.69, 9.17) is 11.6 Å². The molecule has 0 saturated carbocycles. The van der Waals surface area contributed by atoms with E-state index in [1.54, 1.807) is 43.3 Å². The molecule has 0 aliphatic rings. The van der Waals surface area contributed by atoms with Gasteiger partial charge in [-0.05, 0) is 54.1 Å². The summed E-state index contributed by atoms with van der Waals surface area (Å²) < 4.78 is 12.9. The van der Waals surface area contributed by atoms with Crippen LogP contribution in [0.15, 0.2) is 48.5 Å². The maximum absolute atomic E-state index is 12.9. The minimum Gasteiger partial charge on any atom is -0.350 e. The van der Waals surface area contributed by atoms with Crippen LogP contribution in [0.5, 0.6) is 0 Å². The van der Waals surface area contributed by atoms with Crippen LogP contribution in [0.4, 0.5) is 4.39 Å². The Morgan fingerprint density at radius 3 is 2.56 bits per heavy atom. The average Bonchev–Trinajstić information content (AvgIpc) is 3.11. The standard InChI is InChI=1S/C17H15ClFN5O/c1-11(17(25)20-10-12-2-8-15(19)9-3-12)24-22-16(21-23-24)13-4-6-14(18)7-5-13/h2-9,11H,10H2,1H3,(H,20,25). The molecule has 0 radical (unpaired) electrons. The van der Waals surface area contributed by atoms with Gasteiger partial charge in [-0.25, -0.2) is 4.39 Å². The summed E-state index contributed by atoms with van der Waals surface area (Å²) in [6.07, 6.45) is 0. The summed E-state index contributed by atoms with van der Waals surface area (Å²) in [4.78, 5) is 13.5. The highest BCUT2D eigenvalue weighted by Crippen LogP contribution is 2.17. The number of benzene rings is 2. The minimum absolute atomic E-state index is 0.260. The maximum atomic E-state index is 12.9.